The normalized spacial score (nSPS) is 12.5. The molecule has 0 saturated carbocycles. The zero-order chi connectivity index (χ0) is 13.7. The summed E-state index contributed by atoms with van der Waals surface area (Å²) in [6, 6.07) is 0. The fourth-order valence-electron chi connectivity index (χ4n) is 2.15. The van der Waals surface area contributed by atoms with Gasteiger partial charge in [0.25, 0.3) is 0 Å². The van der Waals surface area contributed by atoms with Crippen molar-refractivity contribution in [1.82, 2.24) is 9.78 Å². The van der Waals surface area contributed by atoms with Gasteiger partial charge in [0.05, 0.1) is 17.1 Å². The van der Waals surface area contributed by atoms with Crippen molar-refractivity contribution in [3.05, 3.63) is 11.4 Å². The molecule has 1 unspecified atom stereocenters. The molecule has 0 aliphatic rings. The first-order valence-electron chi connectivity index (χ1n) is 6.82. The molecule has 0 aromatic carbocycles. The van der Waals surface area contributed by atoms with Crippen LogP contribution in [0.4, 0.5) is 5.69 Å². The van der Waals surface area contributed by atoms with Crippen LogP contribution < -0.4 is 5.32 Å². The zero-order valence-corrected chi connectivity index (χ0v) is 12.2. The van der Waals surface area contributed by atoms with Crippen LogP contribution >= 0.6 is 0 Å². The summed E-state index contributed by atoms with van der Waals surface area (Å²) < 4.78 is 1.80. The quantitative estimate of drug-likeness (QED) is 0.844. The van der Waals surface area contributed by atoms with Gasteiger partial charge in [0, 0.05) is 13.0 Å². The molecular weight excluding hydrogens is 226 g/mol. The number of nitrogens with one attached hydrogen (secondary N) is 1. The molecule has 1 aromatic rings. The Hall–Kier alpha value is -1.32. The SMILES string of the molecule is CCCCC(CC)C(=O)Nc1c(C)nn(C)c1C. The van der Waals surface area contributed by atoms with Gasteiger partial charge >= 0.3 is 0 Å². The predicted octanol–water partition coefficient (Wildman–Crippen LogP) is 3.19. The summed E-state index contributed by atoms with van der Waals surface area (Å²) in [5.74, 6) is 0.245. The Morgan fingerprint density at radius 1 is 1.39 bits per heavy atom. The van der Waals surface area contributed by atoms with Crippen molar-refractivity contribution in [2.45, 2.75) is 53.4 Å². The third kappa shape index (κ3) is 3.34. The third-order valence-corrected chi connectivity index (χ3v) is 3.53. The molecule has 0 fully saturated rings. The zero-order valence-electron chi connectivity index (χ0n) is 12.2. The topological polar surface area (TPSA) is 46.9 Å². The fraction of sp³-hybridized carbons (Fsp3) is 0.714. The lowest BCUT2D eigenvalue weighted by atomic mass is 9.98. The van der Waals surface area contributed by atoms with Gasteiger partial charge in [-0.15, -0.1) is 0 Å². The van der Waals surface area contributed by atoms with Crippen LogP contribution in [0.3, 0.4) is 0 Å². The van der Waals surface area contributed by atoms with E-state index in [0.29, 0.717) is 0 Å². The van der Waals surface area contributed by atoms with Gasteiger partial charge in [-0.3, -0.25) is 9.48 Å². The predicted molar refractivity (Wildman–Crippen MR) is 74.6 cm³/mol. The summed E-state index contributed by atoms with van der Waals surface area (Å²) in [6.45, 7) is 8.13. The first-order chi connectivity index (χ1) is 8.51. The number of nitrogens with zero attached hydrogens (tertiary/aromatic N) is 2. The molecule has 0 aliphatic heterocycles. The van der Waals surface area contributed by atoms with Gasteiger partial charge in [-0.2, -0.15) is 5.10 Å². The highest BCUT2D eigenvalue weighted by molar-refractivity contribution is 5.93. The monoisotopic (exact) mass is 251 g/mol. The number of hydrogen-bond acceptors (Lipinski definition) is 2. The van der Waals surface area contributed by atoms with Gasteiger partial charge < -0.3 is 5.32 Å². The lowest BCUT2D eigenvalue weighted by Gasteiger charge is -2.14. The second-order valence-electron chi connectivity index (χ2n) is 4.91. The minimum absolute atomic E-state index is 0.115. The van der Waals surface area contributed by atoms with Crippen LogP contribution in [0.25, 0.3) is 0 Å². The summed E-state index contributed by atoms with van der Waals surface area (Å²) in [6.07, 6.45) is 4.10. The average Bonchev–Trinajstić information content (AvgIpc) is 2.57. The van der Waals surface area contributed by atoms with Crippen molar-refractivity contribution >= 4 is 11.6 Å². The Morgan fingerprint density at radius 3 is 2.50 bits per heavy atom. The Kier molecular flexibility index (Phi) is 5.38. The smallest absolute Gasteiger partial charge is 0.227 e. The van der Waals surface area contributed by atoms with Crippen LogP contribution in [0.2, 0.25) is 0 Å². The lowest BCUT2D eigenvalue weighted by Crippen LogP contribution is -2.23. The maximum atomic E-state index is 12.2. The molecule has 0 spiro atoms. The van der Waals surface area contributed by atoms with Gasteiger partial charge in [0.2, 0.25) is 5.91 Å². The molecule has 1 rings (SSSR count). The molecule has 4 nitrogen and oxygen atoms in total. The summed E-state index contributed by atoms with van der Waals surface area (Å²) in [7, 11) is 1.90. The number of hydrogen-bond donors (Lipinski definition) is 1. The van der Waals surface area contributed by atoms with Crippen LogP contribution in [0.5, 0.6) is 0 Å². The largest absolute Gasteiger partial charge is 0.323 e. The van der Waals surface area contributed by atoms with E-state index in [1.54, 1.807) is 4.68 Å². The van der Waals surface area contributed by atoms with Gasteiger partial charge in [0.15, 0.2) is 0 Å². The molecule has 4 heteroatoms. The van der Waals surface area contributed by atoms with E-state index in [1.807, 2.05) is 20.9 Å². The standard InChI is InChI=1S/C14H25N3O/c1-6-8-9-12(7-2)14(18)15-13-10(3)16-17(5)11(13)4/h12H,6-9H2,1-5H3,(H,15,18). The van der Waals surface area contributed by atoms with Crippen molar-refractivity contribution in [1.29, 1.82) is 0 Å². The van der Waals surface area contributed by atoms with Gasteiger partial charge in [-0.25, -0.2) is 0 Å². The van der Waals surface area contributed by atoms with Crippen LogP contribution in [-0.2, 0) is 11.8 Å². The number of unbranched alkanes of at least 4 members (excludes halogenated alkanes) is 1. The average molecular weight is 251 g/mol. The van der Waals surface area contributed by atoms with E-state index in [4.69, 9.17) is 0 Å². The van der Waals surface area contributed by atoms with E-state index in [0.717, 1.165) is 42.8 Å². The number of rotatable bonds is 6. The molecule has 1 atom stereocenters. The van der Waals surface area contributed by atoms with Crippen molar-refractivity contribution in [2.75, 3.05) is 5.32 Å². The maximum absolute atomic E-state index is 12.2. The number of carbonyl (C=O) groups excluding carboxylic acids is 1. The molecule has 102 valence electrons. The van der Waals surface area contributed by atoms with Crippen molar-refractivity contribution < 1.29 is 4.79 Å². The molecule has 1 amide bonds. The van der Waals surface area contributed by atoms with Crippen LogP contribution in [0.1, 0.15) is 50.9 Å². The molecule has 0 radical (unpaired) electrons. The van der Waals surface area contributed by atoms with Gasteiger partial charge in [-0.05, 0) is 26.7 Å². The summed E-state index contributed by atoms with van der Waals surface area (Å²) in [4.78, 5) is 12.2. The number of aromatic nitrogens is 2. The number of amides is 1. The molecule has 1 aromatic heterocycles. The van der Waals surface area contributed by atoms with Crippen molar-refractivity contribution in [2.24, 2.45) is 13.0 Å². The van der Waals surface area contributed by atoms with E-state index < -0.39 is 0 Å². The second-order valence-corrected chi connectivity index (χ2v) is 4.91. The Morgan fingerprint density at radius 2 is 2.06 bits per heavy atom. The first kappa shape index (κ1) is 14.7. The lowest BCUT2D eigenvalue weighted by molar-refractivity contribution is -0.120. The Balaban J connectivity index is 2.73. The second kappa shape index (κ2) is 6.57. The van der Waals surface area contributed by atoms with Crippen molar-refractivity contribution in [3.63, 3.8) is 0 Å². The minimum Gasteiger partial charge on any atom is -0.323 e. The highest BCUT2D eigenvalue weighted by atomic mass is 16.1. The number of aryl methyl sites for hydroxylation is 2. The van der Waals surface area contributed by atoms with E-state index in [-0.39, 0.29) is 11.8 Å². The van der Waals surface area contributed by atoms with E-state index >= 15 is 0 Å². The van der Waals surface area contributed by atoms with E-state index in [2.05, 4.69) is 24.3 Å². The molecule has 1 heterocycles. The van der Waals surface area contributed by atoms with E-state index in [9.17, 15) is 4.79 Å². The fourth-order valence-corrected chi connectivity index (χ4v) is 2.15. The summed E-state index contributed by atoms with van der Waals surface area (Å²) in [5, 5.41) is 7.35. The molecule has 0 bridgehead atoms. The van der Waals surface area contributed by atoms with E-state index in [1.165, 1.54) is 0 Å². The van der Waals surface area contributed by atoms with Crippen LogP contribution in [0.15, 0.2) is 0 Å². The molecular formula is C14H25N3O. The Bertz CT molecular complexity index is 409. The van der Waals surface area contributed by atoms with Crippen molar-refractivity contribution in [3.8, 4) is 0 Å². The molecule has 18 heavy (non-hydrogen) atoms. The highest BCUT2D eigenvalue weighted by Gasteiger charge is 2.19. The van der Waals surface area contributed by atoms with Crippen LogP contribution in [0, 0.1) is 19.8 Å². The number of carbonyl (C=O) groups is 1. The molecule has 0 aliphatic carbocycles. The highest BCUT2D eigenvalue weighted by Crippen LogP contribution is 2.21. The molecule has 1 N–H and O–H groups in total. The summed E-state index contributed by atoms with van der Waals surface area (Å²) >= 11 is 0. The summed E-state index contributed by atoms with van der Waals surface area (Å²) in [5.41, 5.74) is 2.76. The Labute approximate surface area is 110 Å². The molecule has 0 saturated heterocycles. The third-order valence-electron chi connectivity index (χ3n) is 3.53. The van der Waals surface area contributed by atoms with Gasteiger partial charge in [0.1, 0.15) is 0 Å². The van der Waals surface area contributed by atoms with Gasteiger partial charge in [-0.1, -0.05) is 26.7 Å². The first-order valence-corrected chi connectivity index (χ1v) is 6.82. The van der Waals surface area contributed by atoms with Crippen LogP contribution in [-0.4, -0.2) is 15.7 Å². The maximum Gasteiger partial charge on any atom is 0.227 e. The minimum atomic E-state index is 0.115. The number of anilines is 1.